The van der Waals surface area contributed by atoms with E-state index >= 15 is 0 Å². The topological polar surface area (TPSA) is 79.0 Å². The molecule has 2 aromatic carbocycles. The van der Waals surface area contributed by atoms with Gasteiger partial charge in [0.1, 0.15) is 5.82 Å². The molecule has 7 nitrogen and oxygen atoms in total. The van der Waals surface area contributed by atoms with Crippen LogP contribution in [0, 0.1) is 5.82 Å². The van der Waals surface area contributed by atoms with E-state index in [4.69, 9.17) is 4.74 Å². The Morgan fingerprint density at radius 1 is 1.23 bits per heavy atom. The molecule has 1 amide bonds. The quantitative estimate of drug-likeness (QED) is 0.716. The van der Waals surface area contributed by atoms with Gasteiger partial charge in [0, 0.05) is 40.3 Å². The van der Waals surface area contributed by atoms with E-state index in [1.165, 1.54) is 19.7 Å². The van der Waals surface area contributed by atoms with Gasteiger partial charge in [-0.3, -0.25) is 9.69 Å². The summed E-state index contributed by atoms with van der Waals surface area (Å²) in [6.07, 6.45) is -0.233. The average molecular weight is 436 g/mol. The molecule has 1 fully saturated rings. The lowest BCUT2D eigenvalue weighted by Gasteiger charge is -2.33. The van der Waals surface area contributed by atoms with Gasteiger partial charge >= 0.3 is 0 Å². The van der Waals surface area contributed by atoms with Crippen molar-refractivity contribution in [2.75, 3.05) is 40.3 Å². The van der Waals surface area contributed by atoms with Gasteiger partial charge in [0.05, 0.1) is 23.2 Å². The predicted molar refractivity (Wildman–Crippen MR) is 111 cm³/mol. The summed E-state index contributed by atoms with van der Waals surface area (Å²) in [6.45, 7) is 2.95. The Labute approximate surface area is 176 Å². The van der Waals surface area contributed by atoms with Crippen molar-refractivity contribution in [2.24, 2.45) is 0 Å². The van der Waals surface area contributed by atoms with Gasteiger partial charge < -0.3 is 10.1 Å². The highest BCUT2D eigenvalue weighted by Gasteiger charge is 2.24. The zero-order valence-corrected chi connectivity index (χ0v) is 17.9. The van der Waals surface area contributed by atoms with Crippen molar-refractivity contribution in [1.82, 2.24) is 14.5 Å². The number of nitrogens with zero attached hydrogens (tertiary/aromatic N) is 2. The average Bonchev–Trinajstić information content (AvgIpc) is 2.73. The van der Waals surface area contributed by atoms with Crippen LogP contribution < -0.4 is 5.32 Å². The fourth-order valence-corrected chi connectivity index (χ4v) is 4.17. The smallest absolute Gasteiger partial charge is 0.254 e. The van der Waals surface area contributed by atoms with Crippen LogP contribution in [0.15, 0.2) is 53.4 Å². The Morgan fingerprint density at radius 2 is 1.97 bits per heavy atom. The van der Waals surface area contributed by atoms with Crippen LogP contribution in [0.1, 0.15) is 15.9 Å². The third kappa shape index (κ3) is 5.42. The predicted octanol–water partition coefficient (Wildman–Crippen LogP) is 1.71. The van der Waals surface area contributed by atoms with E-state index in [1.807, 2.05) is 18.2 Å². The van der Waals surface area contributed by atoms with Gasteiger partial charge in [0.25, 0.3) is 5.91 Å². The third-order valence-electron chi connectivity index (χ3n) is 4.92. The van der Waals surface area contributed by atoms with E-state index in [9.17, 15) is 17.6 Å². The Balaban J connectivity index is 1.61. The maximum absolute atomic E-state index is 14.2. The Hall–Kier alpha value is -2.33. The summed E-state index contributed by atoms with van der Waals surface area (Å²) in [5.74, 6) is -1.45. The van der Waals surface area contributed by atoms with Crippen LogP contribution in [-0.4, -0.2) is 70.0 Å². The molecule has 3 rings (SSSR count). The molecule has 1 atom stereocenters. The van der Waals surface area contributed by atoms with Crippen LogP contribution in [0.2, 0.25) is 0 Å². The first kappa shape index (κ1) is 22.4. The summed E-state index contributed by atoms with van der Waals surface area (Å²) < 4.78 is 45.4. The number of hydrogen-bond acceptors (Lipinski definition) is 5. The van der Waals surface area contributed by atoms with Crippen molar-refractivity contribution >= 4 is 15.9 Å². The van der Waals surface area contributed by atoms with E-state index in [0.29, 0.717) is 13.2 Å². The van der Waals surface area contributed by atoms with E-state index in [2.05, 4.69) is 22.3 Å². The molecule has 30 heavy (non-hydrogen) atoms. The summed E-state index contributed by atoms with van der Waals surface area (Å²) in [7, 11) is -1.02. The molecule has 1 unspecified atom stereocenters. The largest absolute Gasteiger partial charge is 0.374 e. The fourth-order valence-electron chi connectivity index (χ4n) is 3.24. The Kier molecular flexibility index (Phi) is 7.19. The zero-order chi connectivity index (χ0) is 21.7. The van der Waals surface area contributed by atoms with E-state index in [-0.39, 0.29) is 23.1 Å². The highest BCUT2D eigenvalue weighted by molar-refractivity contribution is 7.89. The summed E-state index contributed by atoms with van der Waals surface area (Å²) in [4.78, 5) is 14.6. The van der Waals surface area contributed by atoms with Crippen molar-refractivity contribution in [2.45, 2.75) is 17.5 Å². The van der Waals surface area contributed by atoms with Gasteiger partial charge in [-0.1, -0.05) is 30.3 Å². The fraction of sp³-hybridized carbons (Fsp3) is 0.381. The SMILES string of the molecule is CN(C)S(=O)(=O)c1ccc(F)c(C(=O)NCC2CN(Cc3ccccc3)CCO2)c1. The van der Waals surface area contributed by atoms with Gasteiger partial charge in [0.2, 0.25) is 10.0 Å². The first-order valence-corrected chi connectivity index (χ1v) is 11.1. The van der Waals surface area contributed by atoms with Gasteiger partial charge in [-0.15, -0.1) is 0 Å². The minimum Gasteiger partial charge on any atom is -0.374 e. The molecule has 0 spiro atoms. The molecule has 0 bridgehead atoms. The number of carbonyl (C=O) groups excluding carboxylic acids is 1. The number of morpholine rings is 1. The summed E-state index contributed by atoms with van der Waals surface area (Å²) in [5, 5.41) is 2.66. The van der Waals surface area contributed by atoms with Gasteiger partial charge in [-0.25, -0.2) is 17.1 Å². The highest BCUT2D eigenvalue weighted by atomic mass is 32.2. The van der Waals surface area contributed by atoms with Gasteiger partial charge in [-0.05, 0) is 23.8 Å². The highest BCUT2D eigenvalue weighted by Crippen LogP contribution is 2.18. The van der Waals surface area contributed by atoms with Crippen LogP contribution >= 0.6 is 0 Å². The van der Waals surface area contributed by atoms with Crippen molar-refractivity contribution in [3.8, 4) is 0 Å². The van der Waals surface area contributed by atoms with Crippen LogP contribution in [0.3, 0.4) is 0 Å². The molecule has 9 heteroatoms. The van der Waals surface area contributed by atoms with Crippen molar-refractivity contribution in [3.63, 3.8) is 0 Å². The van der Waals surface area contributed by atoms with E-state index in [1.54, 1.807) is 0 Å². The number of benzene rings is 2. The second-order valence-corrected chi connectivity index (χ2v) is 9.50. The van der Waals surface area contributed by atoms with E-state index in [0.717, 1.165) is 35.6 Å². The molecular weight excluding hydrogens is 409 g/mol. The second kappa shape index (κ2) is 9.65. The van der Waals surface area contributed by atoms with Gasteiger partial charge in [-0.2, -0.15) is 0 Å². The van der Waals surface area contributed by atoms with Crippen LogP contribution in [0.4, 0.5) is 4.39 Å². The molecule has 1 aliphatic heterocycles. The van der Waals surface area contributed by atoms with Crippen LogP contribution in [-0.2, 0) is 21.3 Å². The summed E-state index contributed by atoms with van der Waals surface area (Å²) >= 11 is 0. The molecule has 1 heterocycles. The summed E-state index contributed by atoms with van der Waals surface area (Å²) in [6, 6.07) is 13.3. The molecule has 2 aromatic rings. The molecule has 0 aromatic heterocycles. The number of carbonyl (C=O) groups is 1. The number of sulfonamides is 1. The zero-order valence-electron chi connectivity index (χ0n) is 17.0. The van der Waals surface area contributed by atoms with Crippen molar-refractivity contribution in [1.29, 1.82) is 0 Å². The monoisotopic (exact) mass is 435 g/mol. The first-order valence-electron chi connectivity index (χ1n) is 9.65. The molecule has 1 saturated heterocycles. The lowest BCUT2D eigenvalue weighted by atomic mass is 10.1. The molecule has 0 radical (unpaired) electrons. The molecule has 1 aliphatic rings. The molecular formula is C21H26FN3O4S. The number of nitrogens with one attached hydrogen (secondary N) is 1. The third-order valence-corrected chi connectivity index (χ3v) is 6.73. The Bertz CT molecular complexity index is 983. The lowest BCUT2D eigenvalue weighted by Crippen LogP contribution is -2.47. The molecule has 162 valence electrons. The lowest BCUT2D eigenvalue weighted by molar-refractivity contribution is -0.0292. The molecule has 0 aliphatic carbocycles. The van der Waals surface area contributed by atoms with Crippen molar-refractivity contribution < 1.29 is 22.3 Å². The van der Waals surface area contributed by atoms with Crippen LogP contribution in [0.25, 0.3) is 0 Å². The number of amides is 1. The minimum absolute atomic E-state index is 0.137. The minimum atomic E-state index is -3.77. The number of ether oxygens (including phenoxy) is 1. The summed E-state index contributed by atoms with van der Waals surface area (Å²) in [5.41, 5.74) is 0.887. The second-order valence-electron chi connectivity index (χ2n) is 7.35. The van der Waals surface area contributed by atoms with Crippen molar-refractivity contribution in [3.05, 3.63) is 65.5 Å². The maximum Gasteiger partial charge on any atom is 0.254 e. The first-order chi connectivity index (χ1) is 14.3. The normalized spacial score (nSPS) is 17.8. The van der Waals surface area contributed by atoms with Crippen LogP contribution in [0.5, 0.6) is 0 Å². The number of rotatable bonds is 7. The van der Waals surface area contributed by atoms with E-state index < -0.39 is 21.7 Å². The standard InChI is InChI=1S/C21H26FN3O4S/c1-24(2)30(27,28)18-8-9-20(22)19(12-18)21(26)23-13-17-15-25(10-11-29-17)14-16-6-4-3-5-7-16/h3-9,12,17H,10-11,13-15H2,1-2H3,(H,23,26). The number of hydrogen-bond donors (Lipinski definition) is 1. The Morgan fingerprint density at radius 3 is 2.67 bits per heavy atom. The number of halogens is 1. The molecule has 1 N–H and O–H groups in total. The van der Waals surface area contributed by atoms with Gasteiger partial charge in [0.15, 0.2) is 0 Å². The maximum atomic E-state index is 14.2. The molecule has 0 saturated carbocycles.